The molecule has 0 radical (unpaired) electrons. The number of ether oxygens (including phenoxy) is 1. The van der Waals surface area contributed by atoms with Gasteiger partial charge in [-0.1, -0.05) is 4.99 Å². The van der Waals surface area contributed by atoms with E-state index in [-0.39, 0.29) is 11.9 Å². The quantitative estimate of drug-likeness (QED) is 0.703. The Hall–Kier alpha value is -2.26. The van der Waals surface area contributed by atoms with Crippen molar-refractivity contribution in [1.29, 1.82) is 0 Å². The maximum atomic E-state index is 13.1. The number of aryl methyl sites for hydroxylation is 1. The predicted molar refractivity (Wildman–Crippen MR) is 93.3 cm³/mol. The van der Waals surface area contributed by atoms with E-state index in [4.69, 9.17) is 4.74 Å². The van der Waals surface area contributed by atoms with Gasteiger partial charge in [0.15, 0.2) is 0 Å². The number of amides is 3. The van der Waals surface area contributed by atoms with E-state index in [0.717, 1.165) is 31.3 Å². The Morgan fingerprint density at radius 1 is 1.27 bits per heavy atom. The number of nitrogens with zero attached hydrogens (tertiary/aromatic N) is 6. The topological polar surface area (TPSA) is 74.3 Å². The third kappa shape index (κ3) is 2.53. The van der Waals surface area contributed by atoms with Gasteiger partial charge in [0.25, 0.3) is 5.91 Å². The van der Waals surface area contributed by atoms with Gasteiger partial charge in [-0.15, -0.1) is 0 Å². The van der Waals surface area contributed by atoms with Gasteiger partial charge in [0, 0.05) is 33.2 Å². The lowest BCUT2D eigenvalue weighted by Crippen LogP contribution is -2.63. The molecule has 3 aliphatic heterocycles. The number of carbonyl (C=O) groups is 2. The number of aliphatic imine (C=N–C) groups is 1. The molecule has 1 aromatic heterocycles. The highest BCUT2D eigenvalue weighted by molar-refractivity contribution is 6.19. The van der Waals surface area contributed by atoms with Gasteiger partial charge in [0.05, 0.1) is 19.8 Å². The molecular weight excluding hydrogens is 336 g/mol. The average Bonchev–Trinajstić information content (AvgIpc) is 3.15. The van der Waals surface area contributed by atoms with E-state index in [9.17, 15) is 9.59 Å². The van der Waals surface area contributed by atoms with Crippen LogP contribution in [0, 0.1) is 6.92 Å². The van der Waals surface area contributed by atoms with Gasteiger partial charge in [-0.3, -0.25) is 19.5 Å². The number of fused-ring (bicyclic) bond motifs is 3. The molecule has 9 nitrogen and oxygen atoms in total. The van der Waals surface area contributed by atoms with Crippen LogP contribution >= 0.6 is 0 Å². The largest absolute Gasteiger partial charge is 0.401 e. The van der Waals surface area contributed by atoms with Gasteiger partial charge in [-0.25, -0.2) is 13.9 Å². The maximum absolute atomic E-state index is 13.1. The van der Waals surface area contributed by atoms with E-state index < -0.39 is 6.04 Å². The second-order valence-electron chi connectivity index (χ2n) is 6.88. The first-order valence-electron chi connectivity index (χ1n) is 9.12. The number of carbonyl (C=O) groups excluding carboxylic acids is 2. The smallest absolute Gasteiger partial charge is 0.379 e. The average molecular weight is 361 g/mol. The molecule has 9 heteroatoms. The summed E-state index contributed by atoms with van der Waals surface area (Å²) in [4.78, 5) is 35.6. The van der Waals surface area contributed by atoms with Crippen molar-refractivity contribution in [2.75, 3.05) is 46.4 Å². The molecule has 0 bridgehead atoms. The van der Waals surface area contributed by atoms with Crippen LogP contribution in [0.3, 0.4) is 0 Å². The highest BCUT2D eigenvalue weighted by atomic mass is 16.5. The summed E-state index contributed by atoms with van der Waals surface area (Å²) in [7, 11) is 1.69. The standard InChI is InChI=1S/C17H25N6O3/c1-4-21-12(2)11-23-13-14(18-16(21)23)19(3)17(25)22(15(13)24)6-5-20-7-9-26-10-8-20/h11,13H,4-10H2,1-3H3/q+1. The molecule has 0 aromatic carbocycles. The Kier molecular flexibility index (Phi) is 4.28. The van der Waals surface area contributed by atoms with E-state index >= 15 is 0 Å². The number of likely N-dealkylation sites (N-methyl/N-ethyl adjacent to an activating group) is 1. The van der Waals surface area contributed by atoms with Crippen LogP contribution in [0.25, 0.3) is 0 Å². The van der Waals surface area contributed by atoms with Crippen LogP contribution in [0.2, 0.25) is 0 Å². The Balaban J connectivity index is 1.59. The first-order chi connectivity index (χ1) is 12.5. The maximum Gasteiger partial charge on any atom is 0.401 e. The molecule has 0 aliphatic carbocycles. The Morgan fingerprint density at radius 2 is 2.00 bits per heavy atom. The van der Waals surface area contributed by atoms with Gasteiger partial charge < -0.3 is 4.74 Å². The monoisotopic (exact) mass is 361 g/mol. The molecule has 4 heterocycles. The molecule has 0 N–H and O–H groups in total. The van der Waals surface area contributed by atoms with Crippen LogP contribution in [0.1, 0.15) is 18.7 Å². The fraction of sp³-hybridized carbons (Fsp3) is 0.647. The molecule has 26 heavy (non-hydrogen) atoms. The van der Waals surface area contributed by atoms with Crippen molar-refractivity contribution in [3.63, 3.8) is 0 Å². The number of morpholine rings is 1. The van der Waals surface area contributed by atoms with E-state index in [2.05, 4.69) is 14.5 Å². The summed E-state index contributed by atoms with van der Waals surface area (Å²) < 4.78 is 9.29. The van der Waals surface area contributed by atoms with Crippen molar-refractivity contribution < 1.29 is 18.9 Å². The summed E-state index contributed by atoms with van der Waals surface area (Å²) in [6.07, 6.45) is 1.95. The number of rotatable bonds is 4. The zero-order valence-electron chi connectivity index (χ0n) is 15.5. The molecule has 0 saturated carbocycles. The van der Waals surface area contributed by atoms with E-state index in [0.29, 0.717) is 32.1 Å². The van der Waals surface area contributed by atoms with Gasteiger partial charge in [-0.2, -0.15) is 0 Å². The number of imide groups is 1. The zero-order valence-corrected chi connectivity index (χ0v) is 15.5. The highest BCUT2D eigenvalue weighted by Gasteiger charge is 2.52. The van der Waals surface area contributed by atoms with Crippen LogP contribution < -0.4 is 4.57 Å². The van der Waals surface area contributed by atoms with Crippen molar-refractivity contribution in [1.82, 2.24) is 19.3 Å². The van der Waals surface area contributed by atoms with Crippen molar-refractivity contribution in [3.8, 4) is 0 Å². The van der Waals surface area contributed by atoms with Gasteiger partial charge in [0.2, 0.25) is 11.9 Å². The molecule has 0 spiro atoms. The summed E-state index contributed by atoms with van der Waals surface area (Å²) >= 11 is 0. The number of aromatic nitrogens is 2. The SMILES string of the molecule is CCn1c(C)c[n+]2c1N=C1C2C(=O)N(CCN2CCOCC2)C(=O)N1C. The molecule has 1 unspecified atom stereocenters. The molecule has 140 valence electrons. The number of imidazole rings is 1. The molecule has 1 atom stereocenters. The number of urea groups is 1. The third-order valence-electron chi connectivity index (χ3n) is 5.38. The van der Waals surface area contributed by atoms with E-state index in [1.165, 1.54) is 9.80 Å². The lowest BCUT2D eigenvalue weighted by Gasteiger charge is -2.35. The second kappa shape index (κ2) is 6.48. The summed E-state index contributed by atoms with van der Waals surface area (Å²) in [6.45, 7) is 8.93. The Morgan fingerprint density at radius 3 is 2.69 bits per heavy atom. The lowest BCUT2D eigenvalue weighted by atomic mass is 10.1. The normalized spacial score (nSPS) is 23.3. The van der Waals surface area contributed by atoms with Gasteiger partial charge >= 0.3 is 12.0 Å². The third-order valence-corrected chi connectivity index (χ3v) is 5.38. The fourth-order valence-electron chi connectivity index (χ4n) is 3.89. The molecular formula is C17H25N6O3+. The first-order valence-corrected chi connectivity index (χ1v) is 9.12. The second-order valence-corrected chi connectivity index (χ2v) is 6.88. The van der Waals surface area contributed by atoms with Crippen LogP contribution in [0.5, 0.6) is 0 Å². The summed E-state index contributed by atoms with van der Waals surface area (Å²) in [5, 5.41) is 0. The van der Waals surface area contributed by atoms with Crippen LogP contribution in [-0.2, 0) is 16.1 Å². The van der Waals surface area contributed by atoms with Crippen molar-refractivity contribution >= 4 is 23.7 Å². The summed E-state index contributed by atoms with van der Waals surface area (Å²) in [5.74, 6) is 1.05. The minimum Gasteiger partial charge on any atom is -0.379 e. The molecule has 2 saturated heterocycles. The molecule has 3 aliphatic rings. The summed E-state index contributed by atoms with van der Waals surface area (Å²) in [6, 6.07) is -0.854. The number of amidine groups is 1. The fourth-order valence-corrected chi connectivity index (χ4v) is 3.89. The number of hydrogen-bond acceptors (Lipinski definition) is 5. The van der Waals surface area contributed by atoms with Crippen molar-refractivity contribution in [2.24, 2.45) is 4.99 Å². The predicted octanol–water partition coefficient (Wildman–Crippen LogP) is -0.0852. The first kappa shape index (κ1) is 17.2. The van der Waals surface area contributed by atoms with Crippen molar-refractivity contribution in [3.05, 3.63) is 11.9 Å². The number of hydrogen-bond donors (Lipinski definition) is 0. The van der Waals surface area contributed by atoms with E-state index in [1.54, 1.807) is 7.05 Å². The molecule has 3 amide bonds. The van der Waals surface area contributed by atoms with Gasteiger partial charge in [0.1, 0.15) is 11.9 Å². The van der Waals surface area contributed by atoms with Gasteiger partial charge in [-0.05, 0) is 13.8 Å². The van der Waals surface area contributed by atoms with Crippen LogP contribution in [0.4, 0.5) is 10.7 Å². The molecule has 1 aromatic rings. The van der Waals surface area contributed by atoms with Crippen LogP contribution in [-0.4, -0.2) is 83.5 Å². The lowest BCUT2D eigenvalue weighted by molar-refractivity contribution is -0.677. The summed E-state index contributed by atoms with van der Waals surface area (Å²) in [5.41, 5.74) is 1.05. The van der Waals surface area contributed by atoms with E-state index in [1.807, 2.05) is 24.6 Å². The molecule has 2 fully saturated rings. The zero-order chi connectivity index (χ0) is 18.4. The van der Waals surface area contributed by atoms with Crippen LogP contribution in [0.15, 0.2) is 11.2 Å². The molecule has 4 rings (SSSR count). The Labute approximate surface area is 152 Å². The van der Waals surface area contributed by atoms with Crippen molar-refractivity contribution in [2.45, 2.75) is 26.4 Å². The Bertz CT molecular complexity index is 780. The minimum absolute atomic E-state index is 0.197. The highest BCUT2D eigenvalue weighted by Crippen LogP contribution is 2.28. The minimum atomic E-state index is -0.552.